The fraction of sp³-hybridized carbons (Fsp3) is 0.238. The number of pyridine rings is 1. The molecule has 0 aliphatic carbocycles. The zero-order valence-electron chi connectivity index (χ0n) is 16.1. The van der Waals surface area contributed by atoms with Crippen molar-refractivity contribution in [2.24, 2.45) is 0 Å². The summed E-state index contributed by atoms with van der Waals surface area (Å²) in [6, 6.07) is 8.72. The molecule has 2 aromatic heterocycles. The molecule has 3 heterocycles. The van der Waals surface area contributed by atoms with Gasteiger partial charge >= 0.3 is 0 Å². The molecule has 1 fully saturated rings. The molecule has 3 aromatic rings. The zero-order chi connectivity index (χ0) is 20.8. The predicted octanol–water partition coefficient (Wildman–Crippen LogP) is 3.19. The van der Waals surface area contributed by atoms with Crippen LogP contribution in [0.3, 0.4) is 0 Å². The zero-order valence-corrected chi connectivity index (χ0v) is 16.9. The number of hydrogen-bond acceptors (Lipinski definition) is 7. The molecule has 0 atom stereocenters. The van der Waals surface area contributed by atoms with Crippen molar-refractivity contribution in [3.8, 4) is 5.88 Å². The number of hydrogen-bond donors (Lipinski definition) is 1. The van der Waals surface area contributed by atoms with Crippen LogP contribution >= 0.6 is 11.6 Å². The van der Waals surface area contributed by atoms with Gasteiger partial charge in [-0.1, -0.05) is 11.6 Å². The predicted molar refractivity (Wildman–Crippen MR) is 113 cm³/mol. The number of ether oxygens (including phenoxy) is 2. The molecule has 4 rings (SSSR count). The van der Waals surface area contributed by atoms with Crippen molar-refractivity contribution in [3.05, 3.63) is 71.3 Å². The number of rotatable bonds is 6. The van der Waals surface area contributed by atoms with E-state index >= 15 is 0 Å². The van der Waals surface area contributed by atoms with E-state index in [0.29, 0.717) is 35.4 Å². The number of benzene rings is 1. The molecule has 0 spiro atoms. The third-order valence-electron chi connectivity index (χ3n) is 4.56. The summed E-state index contributed by atoms with van der Waals surface area (Å²) in [5, 5.41) is 3.44. The Morgan fingerprint density at radius 2 is 2.00 bits per heavy atom. The van der Waals surface area contributed by atoms with Crippen molar-refractivity contribution in [1.29, 1.82) is 0 Å². The molecule has 0 radical (unpaired) electrons. The summed E-state index contributed by atoms with van der Waals surface area (Å²) in [4.78, 5) is 27.3. The summed E-state index contributed by atoms with van der Waals surface area (Å²) in [5.74, 6) is 0.936. The Bertz CT molecular complexity index is 1010. The number of anilines is 2. The summed E-state index contributed by atoms with van der Waals surface area (Å²) in [6.07, 6.45) is 6.28. The Balaban J connectivity index is 1.44. The smallest absolute Gasteiger partial charge is 0.255 e. The Hall–Kier alpha value is -3.23. The topological polar surface area (TPSA) is 89.5 Å². The number of carbonyl (C=O) groups excluding carboxylic acids is 1. The average Bonchev–Trinajstić information content (AvgIpc) is 2.81. The number of aromatic nitrogens is 3. The maximum Gasteiger partial charge on any atom is 0.255 e. The summed E-state index contributed by atoms with van der Waals surface area (Å²) < 4.78 is 11.0. The van der Waals surface area contributed by atoms with Crippen molar-refractivity contribution in [2.75, 3.05) is 36.5 Å². The van der Waals surface area contributed by atoms with Gasteiger partial charge in [0.2, 0.25) is 5.88 Å². The lowest BCUT2D eigenvalue weighted by atomic mass is 10.2. The Morgan fingerprint density at radius 3 is 2.80 bits per heavy atom. The van der Waals surface area contributed by atoms with Gasteiger partial charge in [0.25, 0.3) is 5.91 Å². The van der Waals surface area contributed by atoms with Crippen LogP contribution in [0.5, 0.6) is 5.88 Å². The van der Waals surface area contributed by atoms with Crippen molar-refractivity contribution in [1.82, 2.24) is 15.0 Å². The Morgan fingerprint density at radius 1 is 1.13 bits per heavy atom. The van der Waals surface area contributed by atoms with E-state index in [1.54, 1.807) is 48.9 Å². The molecule has 8 nitrogen and oxygen atoms in total. The molecule has 1 N–H and O–H groups in total. The molecule has 9 heteroatoms. The monoisotopic (exact) mass is 425 g/mol. The van der Waals surface area contributed by atoms with Gasteiger partial charge in [-0.3, -0.25) is 9.78 Å². The van der Waals surface area contributed by atoms with Crippen LogP contribution < -0.4 is 15.0 Å². The normalized spacial score (nSPS) is 13.7. The van der Waals surface area contributed by atoms with Crippen LogP contribution in [0, 0.1) is 0 Å². The van der Waals surface area contributed by atoms with Gasteiger partial charge in [0, 0.05) is 53.5 Å². The average molecular weight is 426 g/mol. The molecule has 1 aromatic carbocycles. The molecule has 1 aliphatic heterocycles. The van der Waals surface area contributed by atoms with Crippen LogP contribution in [0.15, 0.2) is 55.1 Å². The molecule has 154 valence electrons. The highest BCUT2D eigenvalue weighted by Gasteiger charge is 2.15. The van der Waals surface area contributed by atoms with E-state index in [2.05, 4.69) is 25.2 Å². The standard InChI is InChI=1S/C21H20ClN5O3/c22-18-2-1-17(11-16(18)14-30-20-13-23-5-6-25-20)26-21(28)15-3-4-24-19(12-15)27-7-9-29-10-8-27/h1-6,11-13H,7-10,14H2,(H,26,28). The maximum atomic E-state index is 12.8. The van der Waals surface area contributed by atoms with Crippen LogP contribution in [0.4, 0.5) is 11.5 Å². The summed E-state index contributed by atoms with van der Waals surface area (Å²) in [7, 11) is 0. The summed E-state index contributed by atoms with van der Waals surface area (Å²) in [6.45, 7) is 3.02. The number of amides is 1. The molecular formula is C21H20ClN5O3. The minimum Gasteiger partial charge on any atom is -0.472 e. The maximum absolute atomic E-state index is 12.8. The van der Waals surface area contributed by atoms with E-state index < -0.39 is 0 Å². The largest absolute Gasteiger partial charge is 0.472 e. The second-order valence-corrected chi connectivity index (χ2v) is 7.00. The second kappa shape index (κ2) is 9.51. The third kappa shape index (κ3) is 5.03. The molecule has 1 amide bonds. The SMILES string of the molecule is O=C(Nc1ccc(Cl)c(COc2cnccn2)c1)c1ccnc(N2CCOCC2)c1. The quantitative estimate of drug-likeness (QED) is 0.648. The Labute approximate surface area is 178 Å². The van der Waals surface area contributed by atoms with Gasteiger partial charge in [0.15, 0.2) is 0 Å². The van der Waals surface area contributed by atoms with E-state index in [1.165, 1.54) is 6.20 Å². The molecular weight excluding hydrogens is 406 g/mol. The first-order chi connectivity index (χ1) is 14.7. The number of nitrogens with zero attached hydrogens (tertiary/aromatic N) is 4. The summed E-state index contributed by atoms with van der Waals surface area (Å²) >= 11 is 6.27. The highest BCUT2D eigenvalue weighted by Crippen LogP contribution is 2.23. The Kier molecular flexibility index (Phi) is 6.36. The third-order valence-corrected chi connectivity index (χ3v) is 4.93. The van der Waals surface area contributed by atoms with E-state index in [-0.39, 0.29) is 12.5 Å². The van der Waals surface area contributed by atoms with Gasteiger partial charge < -0.3 is 19.7 Å². The molecule has 0 saturated carbocycles. The lowest BCUT2D eigenvalue weighted by Crippen LogP contribution is -2.36. The van der Waals surface area contributed by atoms with Crippen molar-refractivity contribution >= 4 is 29.0 Å². The van der Waals surface area contributed by atoms with Gasteiger partial charge in [-0.25, -0.2) is 9.97 Å². The van der Waals surface area contributed by atoms with E-state index in [9.17, 15) is 4.79 Å². The molecule has 30 heavy (non-hydrogen) atoms. The van der Waals surface area contributed by atoms with Crippen LogP contribution in [0.2, 0.25) is 5.02 Å². The van der Waals surface area contributed by atoms with Gasteiger partial charge in [-0.15, -0.1) is 0 Å². The van der Waals surface area contributed by atoms with Gasteiger partial charge in [0.05, 0.1) is 19.4 Å². The highest BCUT2D eigenvalue weighted by atomic mass is 35.5. The van der Waals surface area contributed by atoms with Gasteiger partial charge in [-0.2, -0.15) is 0 Å². The fourth-order valence-corrected chi connectivity index (χ4v) is 3.18. The second-order valence-electron chi connectivity index (χ2n) is 6.59. The molecule has 0 bridgehead atoms. The van der Waals surface area contributed by atoms with Crippen molar-refractivity contribution in [3.63, 3.8) is 0 Å². The number of nitrogens with one attached hydrogen (secondary N) is 1. The van der Waals surface area contributed by atoms with Crippen molar-refractivity contribution < 1.29 is 14.3 Å². The fourth-order valence-electron chi connectivity index (χ4n) is 3.00. The lowest BCUT2D eigenvalue weighted by Gasteiger charge is -2.27. The van der Waals surface area contributed by atoms with Gasteiger partial charge in [-0.05, 0) is 30.3 Å². The minimum atomic E-state index is -0.227. The summed E-state index contributed by atoms with van der Waals surface area (Å²) in [5.41, 5.74) is 1.87. The van der Waals surface area contributed by atoms with Crippen LogP contribution in [0.1, 0.15) is 15.9 Å². The number of morpholine rings is 1. The first-order valence-corrected chi connectivity index (χ1v) is 9.84. The lowest BCUT2D eigenvalue weighted by molar-refractivity contribution is 0.102. The minimum absolute atomic E-state index is 0.206. The van der Waals surface area contributed by atoms with E-state index in [1.807, 2.05) is 0 Å². The van der Waals surface area contributed by atoms with Crippen molar-refractivity contribution in [2.45, 2.75) is 6.61 Å². The van der Waals surface area contributed by atoms with Crippen LogP contribution in [0.25, 0.3) is 0 Å². The molecule has 1 aliphatic rings. The molecule has 1 saturated heterocycles. The van der Waals surface area contributed by atoms with E-state index in [0.717, 1.165) is 24.5 Å². The van der Waals surface area contributed by atoms with Crippen LogP contribution in [-0.4, -0.2) is 47.2 Å². The van der Waals surface area contributed by atoms with Crippen LogP contribution in [-0.2, 0) is 11.3 Å². The number of carbonyl (C=O) groups is 1. The number of halogens is 1. The highest BCUT2D eigenvalue weighted by molar-refractivity contribution is 6.31. The first kappa shape index (κ1) is 20.1. The van der Waals surface area contributed by atoms with E-state index in [4.69, 9.17) is 21.1 Å². The van der Waals surface area contributed by atoms with Gasteiger partial charge in [0.1, 0.15) is 12.4 Å². The molecule has 0 unspecified atom stereocenters. The first-order valence-electron chi connectivity index (χ1n) is 9.46.